The SMILES string of the molecule is Cc1cc(S(=O)(=O)c2cc(O)c(C)c(C)c2C)c(C)cc1O. The van der Waals surface area contributed by atoms with Gasteiger partial charge in [-0.05, 0) is 80.6 Å². The number of phenolic OH excluding ortho intramolecular Hbond substituents is 2. The van der Waals surface area contributed by atoms with Crippen LogP contribution in [0.15, 0.2) is 28.0 Å². The summed E-state index contributed by atoms with van der Waals surface area (Å²) in [6.45, 7) is 8.57. The summed E-state index contributed by atoms with van der Waals surface area (Å²) in [6, 6.07) is 4.21. The molecule has 2 rings (SSSR count). The molecular formula is C17H20O4S. The lowest BCUT2D eigenvalue weighted by Gasteiger charge is -2.15. The summed E-state index contributed by atoms with van der Waals surface area (Å²) in [5, 5.41) is 19.7. The number of phenols is 2. The zero-order chi connectivity index (χ0) is 16.8. The molecule has 2 aromatic rings. The van der Waals surface area contributed by atoms with Crippen LogP contribution in [-0.4, -0.2) is 18.6 Å². The molecule has 118 valence electrons. The molecule has 22 heavy (non-hydrogen) atoms. The highest BCUT2D eigenvalue weighted by Crippen LogP contribution is 2.35. The Balaban J connectivity index is 2.80. The fourth-order valence-corrected chi connectivity index (χ4v) is 4.34. The van der Waals surface area contributed by atoms with Gasteiger partial charge in [-0.3, -0.25) is 0 Å². The largest absolute Gasteiger partial charge is 0.508 e. The van der Waals surface area contributed by atoms with E-state index in [1.54, 1.807) is 34.6 Å². The summed E-state index contributed by atoms with van der Waals surface area (Å²) in [7, 11) is -3.77. The third-order valence-corrected chi connectivity index (χ3v) is 6.24. The first-order chi connectivity index (χ1) is 10.1. The number of aryl methyl sites for hydroxylation is 2. The summed E-state index contributed by atoms with van der Waals surface area (Å²) in [6.07, 6.45) is 0. The van der Waals surface area contributed by atoms with Gasteiger partial charge >= 0.3 is 0 Å². The van der Waals surface area contributed by atoms with Crippen molar-refractivity contribution in [3.63, 3.8) is 0 Å². The van der Waals surface area contributed by atoms with Crippen LogP contribution in [0.2, 0.25) is 0 Å². The van der Waals surface area contributed by atoms with Gasteiger partial charge in [-0.15, -0.1) is 0 Å². The number of aromatic hydroxyl groups is 2. The van der Waals surface area contributed by atoms with Crippen molar-refractivity contribution in [3.05, 3.63) is 46.0 Å². The lowest BCUT2D eigenvalue weighted by molar-refractivity contribution is 0.467. The van der Waals surface area contributed by atoms with Crippen molar-refractivity contribution in [2.75, 3.05) is 0 Å². The molecule has 0 atom stereocenters. The molecule has 5 heteroatoms. The van der Waals surface area contributed by atoms with Crippen LogP contribution in [0.4, 0.5) is 0 Å². The van der Waals surface area contributed by atoms with Gasteiger partial charge in [0.05, 0.1) is 9.79 Å². The van der Waals surface area contributed by atoms with E-state index in [0.717, 1.165) is 5.56 Å². The van der Waals surface area contributed by atoms with Crippen LogP contribution >= 0.6 is 0 Å². The van der Waals surface area contributed by atoms with Gasteiger partial charge < -0.3 is 10.2 Å². The van der Waals surface area contributed by atoms with Crippen LogP contribution in [0.25, 0.3) is 0 Å². The topological polar surface area (TPSA) is 74.6 Å². The maximum absolute atomic E-state index is 13.0. The molecular weight excluding hydrogens is 300 g/mol. The van der Waals surface area contributed by atoms with Gasteiger partial charge in [0.2, 0.25) is 9.84 Å². The Labute approximate surface area is 131 Å². The fourth-order valence-electron chi connectivity index (χ4n) is 2.46. The summed E-state index contributed by atoms with van der Waals surface area (Å²) in [4.78, 5) is 0.245. The number of hydrogen-bond donors (Lipinski definition) is 2. The van der Waals surface area contributed by atoms with Crippen LogP contribution < -0.4 is 0 Å². The molecule has 0 aromatic heterocycles. The number of hydrogen-bond acceptors (Lipinski definition) is 4. The Morgan fingerprint density at radius 1 is 0.682 bits per heavy atom. The standard InChI is InChI=1S/C17H20O4S/c1-9-7-16(10(2)6-14(9)18)22(20,21)17-8-15(19)12(4)11(3)13(17)5/h6-8,18-19H,1-5H3. The predicted octanol–water partition coefficient (Wildman–Crippen LogP) is 3.47. The highest BCUT2D eigenvalue weighted by Gasteiger charge is 2.25. The van der Waals surface area contributed by atoms with Crippen LogP contribution in [0.1, 0.15) is 27.8 Å². The molecule has 0 heterocycles. The molecule has 0 amide bonds. The van der Waals surface area contributed by atoms with Crippen molar-refractivity contribution in [1.29, 1.82) is 0 Å². The molecule has 0 aliphatic carbocycles. The fraction of sp³-hybridized carbons (Fsp3) is 0.294. The molecule has 2 aromatic carbocycles. The van der Waals surface area contributed by atoms with E-state index in [1.165, 1.54) is 18.2 Å². The highest BCUT2D eigenvalue weighted by atomic mass is 32.2. The molecule has 0 aliphatic heterocycles. The lowest BCUT2D eigenvalue weighted by atomic mass is 10.0. The third kappa shape index (κ3) is 2.46. The number of benzene rings is 2. The minimum atomic E-state index is -3.77. The van der Waals surface area contributed by atoms with Gasteiger partial charge in [-0.1, -0.05) is 0 Å². The number of rotatable bonds is 2. The molecule has 0 saturated carbocycles. The van der Waals surface area contributed by atoms with Crippen LogP contribution in [0.5, 0.6) is 11.5 Å². The zero-order valence-electron chi connectivity index (χ0n) is 13.4. The van der Waals surface area contributed by atoms with E-state index in [-0.39, 0.29) is 21.3 Å². The summed E-state index contributed by atoms with van der Waals surface area (Å²) >= 11 is 0. The van der Waals surface area contributed by atoms with Gasteiger partial charge in [0.1, 0.15) is 11.5 Å². The van der Waals surface area contributed by atoms with Crippen molar-refractivity contribution in [2.45, 2.75) is 44.4 Å². The Hall–Kier alpha value is -2.01. The van der Waals surface area contributed by atoms with E-state index in [9.17, 15) is 18.6 Å². The van der Waals surface area contributed by atoms with Gasteiger partial charge in [0, 0.05) is 0 Å². The number of sulfone groups is 1. The molecule has 0 radical (unpaired) electrons. The average Bonchev–Trinajstić information content (AvgIpc) is 2.44. The maximum Gasteiger partial charge on any atom is 0.207 e. The van der Waals surface area contributed by atoms with E-state index in [1.807, 2.05) is 0 Å². The summed E-state index contributed by atoms with van der Waals surface area (Å²) in [5.41, 5.74) is 3.03. The third-order valence-electron chi connectivity index (χ3n) is 4.22. The molecule has 0 saturated heterocycles. The Bertz CT molecular complexity index is 865. The summed E-state index contributed by atoms with van der Waals surface area (Å²) < 4.78 is 25.9. The zero-order valence-corrected chi connectivity index (χ0v) is 14.2. The first-order valence-electron chi connectivity index (χ1n) is 6.92. The van der Waals surface area contributed by atoms with Crippen LogP contribution in [0, 0.1) is 34.6 Å². The maximum atomic E-state index is 13.0. The first-order valence-corrected chi connectivity index (χ1v) is 8.40. The lowest BCUT2D eigenvalue weighted by Crippen LogP contribution is -2.08. The van der Waals surface area contributed by atoms with E-state index >= 15 is 0 Å². The molecule has 0 spiro atoms. The Morgan fingerprint density at radius 2 is 1.27 bits per heavy atom. The van der Waals surface area contributed by atoms with Crippen molar-refractivity contribution < 1.29 is 18.6 Å². The normalized spacial score (nSPS) is 11.7. The molecule has 4 nitrogen and oxygen atoms in total. The van der Waals surface area contributed by atoms with Crippen molar-refractivity contribution in [3.8, 4) is 11.5 Å². The summed E-state index contributed by atoms with van der Waals surface area (Å²) in [5.74, 6) is 0.0333. The molecule has 0 unspecified atom stereocenters. The van der Waals surface area contributed by atoms with E-state index < -0.39 is 9.84 Å². The van der Waals surface area contributed by atoms with Crippen molar-refractivity contribution >= 4 is 9.84 Å². The average molecular weight is 320 g/mol. The predicted molar refractivity (Wildman–Crippen MR) is 85.4 cm³/mol. The quantitative estimate of drug-likeness (QED) is 0.888. The van der Waals surface area contributed by atoms with E-state index in [2.05, 4.69) is 0 Å². The van der Waals surface area contributed by atoms with Crippen LogP contribution in [-0.2, 0) is 9.84 Å². The van der Waals surface area contributed by atoms with Gasteiger partial charge in [0.15, 0.2) is 0 Å². The monoisotopic (exact) mass is 320 g/mol. The van der Waals surface area contributed by atoms with Gasteiger partial charge in [0.25, 0.3) is 0 Å². The van der Waals surface area contributed by atoms with Gasteiger partial charge in [-0.25, -0.2) is 8.42 Å². The van der Waals surface area contributed by atoms with Gasteiger partial charge in [-0.2, -0.15) is 0 Å². The minimum Gasteiger partial charge on any atom is -0.508 e. The Kier molecular flexibility index (Phi) is 3.96. The van der Waals surface area contributed by atoms with Crippen LogP contribution in [0.3, 0.4) is 0 Å². The second-order valence-electron chi connectivity index (χ2n) is 5.68. The second-order valence-corrected chi connectivity index (χ2v) is 7.56. The van der Waals surface area contributed by atoms with Crippen molar-refractivity contribution in [2.24, 2.45) is 0 Å². The molecule has 0 aliphatic rings. The van der Waals surface area contributed by atoms with E-state index in [4.69, 9.17) is 0 Å². The van der Waals surface area contributed by atoms with Crippen molar-refractivity contribution in [1.82, 2.24) is 0 Å². The molecule has 2 N–H and O–H groups in total. The smallest absolute Gasteiger partial charge is 0.207 e. The Morgan fingerprint density at radius 3 is 1.86 bits per heavy atom. The second kappa shape index (κ2) is 5.32. The highest BCUT2D eigenvalue weighted by molar-refractivity contribution is 7.91. The minimum absolute atomic E-state index is 0.0326. The first kappa shape index (κ1) is 16.4. The molecule has 0 bridgehead atoms. The van der Waals surface area contributed by atoms with E-state index in [0.29, 0.717) is 22.3 Å². The molecule has 0 fully saturated rings.